The highest BCUT2D eigenvalue weighted by Gasteiger charge is 2.33. The fourth-order valence-electron chi connectivity index (χ4n) is 2.85. The van der Waals surface area contributed by atoms with Crippen LogP contribution in [0.1, 0.15) is 16.9 Å². The van der Waals surface area contributed by atoms with Crippen LogP contribution in [0.2, 0.25) is 0 Å². The van der Waals surface area contributed by atoms with E-state index < -0.39 is 0 Å². The van der Waals surface area contributed by atoms with Crippen molar-refractivity contribution in [3.05, 3.63) is 39.6 Å². The van der Waals surface area contributed by atoms with Crippen molar-refractivity contribution >= 4 is 44.0 Å². The molecule has 108 valence electrons. The summed E-state index contributed by atoms with van der Waals surface area (Å²) in [6, 6.07) is 8.88. The van der Waals surface area contributed by atoms with Crippen LogP contribution in [-0.4, -0.2) is 34.9 Å². The number of amidine groups is 1. The molecule has 1 aromatic heterocycles. The Kier molecular flexibility index (Phi) is 3.28. The zero-order chi connectivity index (χ0) is 14.4. The number of hydrogen-bond acceptors (Lipinski definition) is 5. The van der Waals surface area contributed by atoms with Crippen molar-refractivity contribution in [1.82, 2.24) is 4.90 Å². The number of fused-ring (bicyclic) bond motifs is 2. The summed E-state index contributed by atoms with van der Waals surface area (Å²) in [5, 5.41) is 11.7. The molecule has 4 rings (SSSR count). The second kappa shape index (κ2) is 5.16. The summed E-state index contributed by atoms with van der Waals surface area (Å²) in [6.07, 6.45) is 0.711. The Morgan fingerprint density at radius 3 is 3.10 bits per heavy atom. The van der Waals surface area contributed by atoms with Gasteiger partial charge in [0.25, 0.3) is 0 Å². The van der Waals surface area contributed by atoms with E-state index in [1.165, 1.54) is 31.1 Å². The molecule has 5 heteroatoms. The van der Waals surface area contributed by atoms with Gasteiger partial charge in [-0.05, 0) is 24.4 Å². The van der Waals surface area contributed by atoms with Crippen LogP contribution in [0.5, 0.6) is 0 Å². The topological polar surface area (TPSA) is 35.8 Å². The van der Waals surface area contributed by atoms with Crippen LogP contribution in [0, 0.1) is 6.92 Å². The lowest BCUT2D eigenvalue weighted by molar-refractivity contribution is 0.301. The molecule has 0 aliphatic carbocycles. The summed E-state index contributed by atoms with van der Waals surface area (Å²) in [6.45, 7) is 4.16. The van der Waals surface area contributed by atoms with Gasteiger partial charge in [-0.2, -0.15) is 0 Å². The first-order valence-corrected chi connectivity index (χ1v) is 8.74. The maximum Gasteiger partial charge on any atom is 0.168 e. The highest BCUT2D eigenvalue weighted by atomic mass is 32.2. The summed E-state index contributed by atoms with van der Waals surface area (Å²) in [4.78, 5) is 9.41. The third kappa shape index (κ3) is 2.20. The van der Waals surface area contributed by atoms with Crippen LogP contribution < -0.4 is 0 Å². The zero-order valence-corrected chi connectivity index (χ0v) is 13.4. The highest BCUT2D eigenvalue weighted by molar-refractivity contribution is 8.17. The number of nitrogens with zero attached hydrogens (tertiary/aromatic N) is 2. The third-order valence-corrected chi connectivity index (χ3v) is 6.09. The molecule has 0 fully saturated rings. The van der Waals surface area contributed by atoms with Gasteiger partial charge in [0.15, 0.2) is 5.17 Å². The average Bonchev–Trinajstić information content (AvgIpc) is 3.11. The quantitative estimate of drug-likeness (QED) is 0.938. The monoisotopic (exact) mass is 316 g/mol. The van der Waals surface area contributed by atoms with Gasteiger partial charge < -0.3 is 10.0 Å². The van der Waals surface area contributed by atoms with Crippen molar-refractivity contribution in [2.24, 2.45) is 4.99 Å². The van der Waals surface area contributed by atoms with Gasteiger partial charge in [-0.25, -0.2) is 0 Å². The molecule has 0 spiro atoms. The van der Waals surface area contributed by atoms with Gasteiger partial charge in [0.2, 0.25) is 0 Å². The first-order chi connectivity index (χ1) is 10.3. The second-order valence-corrected chi connectivity index (χ2v) is 7.46. The maximum absolute atomic E-state index is 9.33. The molecule has 0 saturated heterocycles. The van der Waals surface area contributed by atoms with E-state index in [0.717, 1.165) is 18.3 Å². The molecule has 3 heterocycles. The minimum absolute atomic E-state index is 0.191. The standard InChI is InChI=1S/C16H16N2OS2/c1-10-2-3-12-11(8-10)9-14(20-12)15-13(4-7-19)21-16-17-5-6-18(15)16/h2-3,8-9,19H,4-7H2,1H3. The number of aliphatic hydroxyl groups excluding tert-OH is 1. The van der Waals surface area contributed by atoms with Crippen molar-refractivity contribution in [3.8, 4) is 0 Å². The maximum atomic E-state index is 9.33. The van der Waals surface area contributed by atoms with Crippen LogP contribution in [0.25, 0.3) is 15.8 Å². The van der Waals surface area contributed by atoms with Gasteiger partial charge in [0, 0.05) is 29.2 Å². The van der Waals surface area contributed by atoms with E-state index in [2.05, 4.69) is 41.1 Å². The Labute approximate surface area is 132 Å². The molecule has 2 aliphatic rings. The summed E-state index contributed by atoms with van der Waals surface area (Å²) in [5.74, 6) is 0. The summed E-state index contributed by atoms with van der Waals surface area (Å²) in [7, 11) is 0. The summed E-state index contributed by atoms with van der Waals surface area (Å²) >= 11 is 3.56. The molecule has 2 aliphatic heterocycles. The summed E-state index contributed by atoms with van der Waals surface area (Å²) < 4.78 is 1.32. The molecular formula is C16H16N2OS2. The molecule has 0 saturated carbocycles. The van der Waals surface area contributed by atoms with Gasteiger partial charge in [-0.3, -0.25) is 4.99 Å². The van der Waals surface area contributed by atoms with E-state index in [-0.39, 0.29) is 6.61 Å². The van der Waals surface area contributed by atoms with Gasteiger partial charge in [-0.15, -0.1) is 11.3 Å². The summed E-state index contributed by atoms with van der Waals surface area (Å²) in [5.41, 5.74) is 2.56. The van der Waals surface area contributed by atoms with E-state index >= 15 is 0 Å². The molecule has 2 aromatic rings. The molecule has 1 aromatic carbocycles. The van der Waals surface area contributed by atoms with Crippen LogP contribution in [-0.2, 0) is 0 Å². The van der Waals surface area contributed by atoms with Crippen molar-refractivity contribution in [2.75, 3.05) is 19.7 Å². The van der Waals surface area contributed by atoms with Gasteiger partial charge >= 0.3 is 0 Å². The zero-order valence-electron chi connectivity index (χ0n) is 11.8. The molecule has 0 radical (unpaired) electrons. The largest absolute Gasteiger partial charge is 0.396 e. The van der Waals surface area contributed by atoms with Gasteiger partial charge in [-0.1, -0.05) is 29.5 Å². The number of benzene rings is 1. The molecule has 1 N–H and O–H groups in total. The van der Waals surface area contributed by atoms with E-state index in [9.17, 15) is 5.11 Å². The molecule has 3 nitrogen and oxygen atoms in total. The Bertz CT molecular complexity index is 776. The van der Waals surface area contributed by atoms with E-state index in [4.69, 9.17) is 0 Å². The number of hydrogen-bond donors (Lipinski definition) is 1. The number of aliphatic hydroxyl groups is 1. The minimum atomic E-state index is 0.191. The molecule has 0 bridgehead atoms. The van der Waals surface area contributed by atoms with E-state index in [1.807, 2.05) is 11.3 Å². The third-order valence-electron chi connectivity index (χ3n) is 3.79. The first-order valence-electron chi connectivity index (χ1n) is 7.10. The fourth-order valence-corrected chi connectivity index (χ4v) is 5.22. The van der Waals surface area contributed by atoms with Crippen molar-refractivity contribution in [3.63, 3.8) is 0 Å². The molecule has 0 unspecified atom stereocenters. The molecule has 0 amide bonds. The van der Waals surface area contributed by atoms with Crippen LogP contribution in [0.4, 0.5) is 0 Å². The number of thiophene rings is 1. The first kappa shape index (κ1) is 13.4. The second-order valence-electron chi connectivity index (χ2n) is 5.32. The predicted molar refractivity (Wildman–Crippen MR) is 91.8 cm³/mol. The van der Waals surface area contributed by atoms with Crippen molar-refractivity contribution in [1.29, 1.82) is 0 Å². The van der Waals surface area contributed by atoms with E-state index in [1.54, 1.807) is 11.8 Å². The van der Waals surface area contributed by atoms with Gasteiger partial charge in [0.05, 0.1) is 17.1 Å². The number of rotatable bonds is 3. The lowest BCUT2D eigenvalue weighted by Gasteiger charge is -2.15. The Morgan fingerprint density at radius 2 is 2.24 bits per heavy atom. The molecular weight excluding hydrogens is 300 g/mol. The number of thioether (sulfide) groups is 1. The lowest BCUT2D eigenvalue weighted by atomic mass is 10.1. The SMILES string of the molecule is Cc1ccc2sc(C3=C(CCO)SC4=NCCN43)cc2c1. The van der Waals surface area contributed by atoms with Gasteiger partial charge in [0.1, 0.15) is 0 Å². The Hall–Kier alpha value is -1.30. The average molecular weight is 316 g/mol. The number of aryl methyl sites for hydroxylation is 1. The van der Waals surface area contributed by atoms with Crippen LogP contribution in [0.15, 0.2) is 34.2 Å². The Morgan fingerprint density at radius 1 is 1.33 bits per heavy atom. The van der Waals surface area contributed by atoms with Crippen LogP contribution in [0.3, 0.4) is 0 Å². The number of aliphatic imine (C=N–C) groups is 1. The van der Waals surface area contributed by atoms with Crippen molar-refractivity contribution in [2.45, 2.75) is 13.3 Å². The molecule has 21 heavy (non-hydrogen) atoms. The van der Waals surface area contributed by atoms with E-state index in [0.29, 0.717) is 6.42 Å². The Balaban J connectivity index is 1.84. The fraction of sp³-hybridized carbons (Fsp3) is 0.312. The smallest absolute Gasteiger partial charge is 0.168 e. The predicted octanol–water partition coefficient (Wildman–Crippen LogP) is 3.68. The van der Waals surface area contributed by atoms with Crippen LogP contribution >= 0.6 is 23.1 Å². The molecule has 0 atom stereocenters. The highest BCUT2D eigenvalue weighted by Crippen LogP contribution is 2.45. The van der Waals surface area contributed by atoms with Crippen molar-refractivity contribution < 1.29 is 5.11 Å². The lowest BCUT2D eigenvalue weighted by Crippen LogP contribution is -2.19. The minimum Gasteiger partial charge on any atom is -0.396 e. The normalized spacial score (nSPS) is 17.8.